The van der Waals surface area contributed by atoms with Gasteiger partial charge < -0.3 is 5.32 Å². The van der Waals surface area contributed by atoms with E-state index < -0.39 is 0 Å². The van der Waals surface area contributed by atoms with Gasteiger partial charge in [-0.2, -0.15) is 0 Å². The van der Waals surface area contributed by atoms with Crippen molar-refractivity contribution in [3.63, 3.8) is 0 Å². The molecule has 2 heterocycles. The first-order valence-corrected chi connectivity index (χ1v) is 7.30. The van der Waals surface area contributed by atoms with Crippen LogP contribution in [0.1, 0.15) is 6.42 Å². The van der Waals surface area contributed by atoms with Gasteiger partial charge in [0.15, 0.2) is 5.16 Å². The summed E-state index contributed by atoms with van der Waals surface area (Å²) in [4.78, 5) is 8.61. The van der Waals surface area contributed by atoms with E-state index in [1.54, 1.807) is 11.8 Å². The second-order valence-corrected chi connectivity index (χ2v) is 5.37. The van der Waals surface area contributed by atoms with E-state index in [2.05, 4.69) is 15.3 Å². The topological polar surface area (TPSA) is 37.8 Å². The van der Waals surface area contributed by atoms with Gasteiger partial charge in [-0.15, -0.1) is 11.8 Å². The molecule has 82 valence electrons. The van der Waals surface area contributed by atoms with Gasteiger partial charge in [-0.3, -0.25) is 0 Å². The minimum absolute atomic E-state index is 0.808. The third-order valence-corrected chi connectivity index (χ3v) is 4.14. The number of nitrogens with one attached hydrogen (secondary N) is 1. The van der Waals surface area contributed by atoms with Crippen molar-refractivity contribution in [3.05, 3.63) is 12.3 Å². The Morgan fingerprint density at radius 1 is 1.60 bits per heavy atom. The van der Waals surface area contributed by atoms with Crippen LogP contribution in [0.3, 0.4) is 0 Å². The van der Waals surface area contributed by atoms with Gasteiger partial charge in [0.05, 0.1) is 0 Å². The molecule has 0 amide bonds. The monoisotopic (exact) mass is 241 g/mol. The molecule has 1 aromatic heterocycles. The molecule has 2 rings (SSSR count). The van der Waals surface area contributed by atoms with Crippen molar-refractivity contribution < 1.29 is 0 Å². The average Bonchev–Trinajstić information content (AvgIpc) is 2.79. The number of nitrogens with zero attached hydrogens (tertiary/aromatic N) is 2. The SMILES string of the molecule is CSc1nccc(SC[C@H]2CCNC2)n1. The molecule has 1 fully saturated rings. The van der Waals surface area contributed by atoms with Crippen LogP contribution < -0.4 is 5.32 Å². The van der Waals surface area contributed by atoms with Crippen LogP contribution in [0.5, 0.6) is 0 Å². The zero-order chi connectivity index (χ0) is 10.5. The summed E-state index contributed by atoms with van der Waals surface area (Å²) >= 11 is 3.44. The first kappa shape index (κ1) is 11.2. The van der Waals surface area contributed by atoms with Crippen molar-refractivity contribution in [1.29, 1.82) is 0 Å². The first-order valence-electron chi connectivity index (χ1n) is 5.09. The molecular weight excluding hydrogens is 226 g/mol. The van der Waals surface area contributed by atoms with Gasteiger partial charge in [0, 0.05) is 11.9 Å². The summed E-state index contributed by atoms with van der Waals surface area (Å²) in [6.45, 7) is 2.33. The predicted molar refractivity (Wildman–Crippen MR) is 65.5 cm³/mol. The van der Waals surface area contributed by atoms with E-state index in [9.17, 15) is 0 Å². The number of rotatable bonds is 4. The highest BCUT2D eigenvalue weighted by Crippen LogP contribution is 2.22. The van der Waals surface area contributed by atoms with Crippen LogP contribution in [0.4, 0.5) is 0 Å². The maximum Gasteiger partial charge on any atom is 0.188 e. The van der Waals surface area contributed by atoms with E-state index >= 15 is 0 Å². The van der Waals surface area contributed by atoms with Crippen molar-refractivity contribution in [2.45, 2.75) is 16.6 Å². The Hall–Kier alpha value is -0.260. The summed E-state index contributed by atoms with van der Waals surface area (Å²) in [5, 5.41) is 5.34. The molecule has 0 saturated carbocycles. The Bertz CT molecular complexity index is 313. The van der Waals surface area contributed by atoms with E-state index in [0.717, 1.165) is 28.4 Å². The van der Waals surface area contributed by atoms with Crippen molar-refractivity contribution >= 4 is 23.5 Å². The fourth-order valence-electron chi connectivity index (χ4n) is 1.56. The molecule has 0 aliphatic carbocycles. The molecule has 1 aromatic rings. The third-order valence-electron chi connectivity index (χ3n) is 2.42. The summed E-state index contributed by atoms with van der Waals surface area (Å²) in [6.07, 6.45) is 5.15. The Morgan fingerprint density at radius 2 is 2.53 bits per heavy atom. The lowest BCUT2D eigenvalue weighted by Crippen LogP contribution is -2.10. The summed E-state index contributed by atoms with van der Waals surface area (Å²) < 4.78 is 0. The number of hydrogen-bond donors (Lipinski definition) is 1. The van der Waals surface area contributed by atoms with E-state index in [4.69, 9.17) is 0 Å². The highest BCUT2D eigenvalue weighted by atomic mass is 32.2. The molecule has 0 radical (unpaired) electrons. The molecule has 1 saturated heterocycles. The van der Waals surface area contributed by atoms with Crippen LogP contribution in [-0.2, 0) is 0 Å². The molecule has 15 heavy (non-hydrogen) atoms. The van der Waals surface area contributed by atoms with Gasteiger partial charge in [0.1, 0.15) is 5.03 Å². The molecule has 0 aromatic carbocycles. The Labute approximate surface area is 98.9 Å². The highest BCUT2D eigenvalue weighted by molar-refractivity contribution is 7.99. The second-order valence-electron chi connectivity index (χ2n) is 3.55. The molecule has 0 bridgehead atoms. The van der Waals surface area contributed by atoms with Gasteiger partial charge in [-0.05, 0) is 37.8 Å². The Balaban J connectivity index is 1.86. The minimum Gasteiger partial charge on any atom is -0.316 e. The lowest BCUT2D eigenvalue weighted by molar-refractivity contribution is 0.662. The smallest absolute Gasteiger partial charge is 0.188 e. The van der Waals surface area contributed by atoms with Crippen LogP contribution >= 0.6 is 23.5 Å². The number of thioether (sulfide) groups is 2. The molecule has 1 aliphatic heterocycles. The lowest BCUT2D eigenvalue weighted by Gasteiger charge is -2.06. The zero-order valence-corrected chi connectivity index (χ0v) is 10.4. The van der Waals surface area contributed by atoms with E-state index in [1.165, 1.54) is 13.0 Å². The molecule has 0 unspecified atom stereocenters. The standard InChI is InChI=1S/C10H15N3S2/c1-14-10-12-5-3-9(13-10)15-7-8-2-4-11-6-8/h3,5,8,11H,2,4,6-7H2,1H3/t8-/m0/s1. The largest absolute Gasteiger partial charge is 0.316 e. The number of hydrogen-bond acceptors (Lipinski definition) is 5. The van der Waals surface area contributed by atoms with Crippen LogP contribution in [0.25, 0.3) is 0 Å². The maximum atomic E-state index is 4.45. The fraction of sp³-hybridized carbons (Fsp3) is 0.600. The molecular formula is C10H15N3S2. The van der Waals surface area contributed by atoms with Gasteiger partial charge in [0.25, 0.3) is 0 Å². The molecule has 0 spiro atoms. The Kier molecular flexibility index (Phi) is 4.29. The first-order chi connectivity index (χ1) is 7.38. The molecule has 1 atom stereocenters. The van der Waals surface area contributed by atoms with Gasteiger partial charge in [-0.1, -0.05) is 11.8 Å². The fourth-order valence-corrected chi connectivity index (χ4v) is 2.98. The minimum atomic E-state index is 0.808. The average molecular weight is 241 g/mol. The maximum absolute atomic E-state index is 4.45. The second kappa shape index (κ2) is 5.72. The van der Waals surface area contributed by atoms with Crippen molar-refractivity contribution in [2.75, 3.05) is 25.1 Å². The summed E-state index contributed by atoms with van der Waals surface area (Å²) in [6, 6.07) is 1.99. The Morgan fingerprint density at radius 3 is 3.27 bits per heavy atom. The number of aromatic nitrogens is 2. The summed E-state index contributed by atoms with van der Waals surface area (Å²) in [5.74, 6) is 1.97. The van der Waals surface area contributed by atoms with E-state index in [1.807, 2.05) is 30.3 Å². The van der Waals surface area contributed by atoms with Crippen molar-refractivity contribution in [2.24, 2.45) is 5.92 Å². The summed E-state index contributed by atoms with van der Waals surface area (Å²) in [5.41, 5.74) is 0. The molecule has 1 aliphatic rings. The van der Waals surface area contributed by atoms with E-state index in [0.29, 0.717) is 0 Å². The normalized spacial score (nSPS) is 20.7. The van der Waals surface area contributed by atoms with E-state index in [-0.39, 0.29) is 0 Å². The molecule has 5 heteroatoms. The third kappa shape index (κ3) is 3.36. The lowest BCUT2D eigenvalue weighted by atomic mass is 10.2. The quantitative estimate of drug-likeness (QED) is 0.495. The van der Waals surface area contributed by atoms with Gasteiger partial charge in [-0.25, -0.2) is 9.97 Å². The molecule has 3 nitrogen and oxygen atoms in total. The van der Waals surface area contributed by atoms with Crippen molar-refractivity contribution in [1.82, 2.24) is 15.3 Å². The highest BCUT2D eigenvalue weighted by Gasteiger charge is 2.14. The predicted octanol–water partition coefficient (Wildman–Crippen LogP) is 1.90. The van der Waals surface area contributed by atoms with Crippen LogP contribution in [0.15, 0.2) is 22.4 Å². The van der Waals surface area contributed by atoms with Crippen LogP contribution in [0.2, 0.25) is 0 Å². The van der Waals surface area contributed by atoms with Crippen LogP contribution in [-0.4, -0.2) is 35.1 Å². The summed E-state index contributed by atoms with van der Waals surface area (Å²) in [7, 11) is 0. The van der Waals surface area contributed by atoms with Gasteiger partial charge in [0.2, 0.25) is 0 Å². The molecule has 1 N–H and O–H groups in total. The zero-order valence-electron chi connectivity index (χ0n) is 8.77. The van der Waals surface area contributed by atoms with Gasteiger partial charge >= 0.3 is 0 Å². The van der Waals surface area contributed by atoms with Crippen LogP contribution in [0, 0.1) is 5.92 Å². The van der Waals surface area contributed by atoms with Crippen molar-refractivity contribution in [3.8, 4) is 0 Å².